The Bertz CT molecular complexity index is 409. The van der Waals surface area contributed by atoms with Gasteiger partial charge in [-0.25, -0.2) is 0 Å². The van der Waals surface area contributed by atoms with E-state index in [9.17, 15) is 0 Å². The van der Waals surface area contributed by atoms with E-state index < -0.39 is 0 Å². The standard InChI is InChI=1S/C15H25N3O/c1-18-12-13(11-17-18)4-8-16-14-5-9-19-15(10-14)6-2-3-7-15/h11-12,14,16H,2-10H2,1H3. The molecule has 0 bridgehead atoms. The van der Waals surface area contributed by atoms with Crippen molar-refractivity contribution < 1.29 is 4.74 Å². The molecule has 2 fully saturated rings. The Morgan fingerprint density at radius 3 is 3.05 bits per heavy atom. The fourth-order valence-corrected chi connectivity index (χ4v) is 3.59. The summed E-state index contributed by atoms with van der Waals surface area (Å²) in [6.07, 6.45) is 12.7. The van der Waals surface area contributed by atoms with Crippen LogP contribution in [0.4, 0.5) is 0 Å². The van der Waals surface area contributed by atoms with Gasteiger partial charge in [-0.3, -0.25) is 4.68 Å². The molecular formula is C15H25N3O. The molecule has 2 heterocycles. The number of ether oxygens (including phenoxy) is 1. The molecule has 3 rings (SSSR count). The zero-order valence-electron chi connectivity index (χ0n) is 11.9. The zero-order chi connectivity index (χ0) is 13.1. The number of aryl methyl sites for hydroxylation is 1. The first-order chi connectivity index (χ1) is 9.26. The lowest BCUT2D eigenvalue weighted by Gasteiger charge is -2.38. The molecule has 1 aliphatic carbocycles. The van der Waals surface area contributed by atoms with E-state index >= 15 is 0 Å². The minimum absolute atomic E-state index is 0.226. The third kappa shape index (κ3) is 3.18. The zero-order valence-corrected chi connectivity index (χ0v) is 11.9. The lowest BCUT2D eigenvalue weighted by atomic mass is 9.89. The number of aromatic nitrogens is 2. The number of nitrogens with zero attached hydrogens (tertiary/aromatic N) is 2. The average molecular weight is 263 g/mol. The first-order valence-electron chi connectivity index (χ1n) is 7.61. The maximum atomic E-state index is 6.07. The van der Waals surface area contributed by atoms with Gasteiger partial charge in [0.2, 0.25) is 0 Å². The van der Waals surface area contributed by atoms with Gasteiger partial charge in [-0.2, -0.15) is 5.10 Å². The molecular weight excluding hydrogens is 238 g/mol. The largest absolute Gasteiger partial charge is 0.375 e. The molecule has 2 aliphatic rings. The van der Waals surface area contributed by atoms with Crippen molar-refractivity contribution in [3.63, 3.8) is 0 Å². The third-order valence-corrected chi connectivity index (χ3v) is 4.61. The molecule has 4 nitrogen and oxygen atoms in total. The van der Waals surface area contributed by atoms with Crippen LogP contribution in [-0.4, -0.2) is 34.6 Å². The van der Waals surface area contributed by atoms with Crippen LogP contribution in [0.5, 0.6) is 0 Å². The van der Waals surface area contributed by atoms with Gasteiger partial charge in [0, 0.05) is 25.9 Å². The van der Waals surface area contributed by atoms with Gasteiger partial charge in [-0.05, 0) is 44.2 Å². The van der Waals surface area contributed by atoms with Crippen LogP contribution in [0.25, 0.3) is 0 Å². The van der Waals surface area contributed by atoms with Crippen molar-refractivity contribution >= 4 is 0 Å². The topological polar surface area (TPSA) is 39.1 Å². The highest BCUT2D eigenvalue weighted by Crippen LogP contribution is 2.39. The van der Waals surface area contributed by atoms with Crippen molar-refractivity contribution in [2.24, 2.45) is 7.05 Å². The highest BCUT2D eigenvalue weighted by atomic mass is 16.5. The second-order valence-electron chi connectivity index (χ2n) is 6.15. The smallest absolute Gasteiger partial charge is 0.0697 e. The Kier molecular flexibility index (Phi) is 3.89. The summed E-state index contributed by atoms with van der Waals surface area (Å²) in [4.78, 5) is 0. The van der Waals surface area contributed by atoms with Crippen LogP contribution in [0.2, 0.25) is 0 Å². The van der Waals surface area contributed by atoms with Crippen LogP contribution in [0.1, 0.15) is 44.1 Å². The van der Waals surface area contributed by atoms with Gasteiger partial charge in [0.25, 0.3) is 0 Å². The summed E-state index contributed by atoms with van der Waals surface area (Å²) in [5, 5.41) is 7.92. The second-order valence-corrected chi connectivity index (χ2v) is 6.15. The molecule has 0 amide bonds. The van der Waals surface area contributed by atoms with E-state index in [0.717, 1.165) is 26.0 Å². The maximum absolute atomic E-state index is 6.07. The Morgan fingerprint density at radius 1 is 1.47 bits per heavy atom. The lowest BCUT2D eigenvalue weighted by molar-refractivity contribution is -0.0834. The molecule has 1 unspecified atom stereocenters. The van der Waals surface area contributed by atoms with Crippen molar-refractivity contribution in [2.75, 3.05) is 13.2 Å². The molecule has 1 aromatic rings. The highest BCUT2D eigenvalue weighted by molar-refractivity contribution is 5.04. The summed E-state index contributed by atoms with van der Waals surface area (Å²) in [6, 6.07) is 0.642. The quantitative estimate of drug-likeness (QED) is 0.903. The summed E-state index contributed by atoms with van der Waals surface area (Å²) in [5.41, 5.74) is 1.54. The van der Waals surface area contributed by atoms with Crippen LogP contribution in [0.15, 0.2) is 12.4 Å². The molecule has 1 N–H and O–H groups in total. The van der Waals surface area contributed by atoms with E-state index in [-0.39, 0.29) is 5.60 Å². The van der Waals surface area contributed by atoms with Gasteiger partial charge in [0.15, 0.2) is 0 Å². The Hall–Kier alpha value is -0.870. The van der Waals surface area contributed by atoms with Crippen LogP contribution >= 0.6 is 0 Å². The maximum Gasteiger partial charge on any atom is 0.0697 e. The summed E-state index contributed by atoms with van der Waals surface area (Å²) in [7, 11) is 1.97. The molecule has 0 aromatic carbocycles. The van der Waals surface area contributed by atoms with E-state index in [2.05, 4.69) is 16.6 Å². The molecule has 4 heteroatoms. The van der Waals surface area contributed by atoms with Gasteiger partial charge >= 0.3 is 0 Å². The summed E-state index contributed by atoms with van der Waals surface area (Å²) >= 11 is 0. The molecule has 1 aromatic heterocycles. The van der Waals surface area contributed by atoms with E-state index in [4.69, 9.17) is 4.74 Å². The fraction of sp³-hybridized carbons (Fsp3) is 0.800. The normalized spacial score (nSPS) is 26.1. The monoisotopic (exact) mass is 263 g/mol. The van der Waals surface area contributed by atoms with Crippen LogP contribution in [-0.2, 0) is 18.2 Å². The Labute approximate surface area is 115 Å². The van der Waals surface area contributed by atoms with Crippen molar-refractivity contribution in [2.45, 2.75) is 56.6 Å². The number of rotatable bonds is 4. The average Bonchev–Trinajstić information content (AvgIpc) is 3.00. The third-order valence-electron chi connectivity index (χ3n) is 4.61. The Balaban J connectivity index is 1.45. The molecule has 1 spiro atoms. The fourth-order valence-electron chi connectivity index (χ4n) is 3.59. The molecule has 1 aliphatic heterocycles. The molecule has 19 heavy (non-hydrogen) atoms. The highest BCUT2D eigenvalue weighted by Gasteiger charge is 2.39. The van der Waals surface area contributed by atoms with E-state index in [1.165, 1.54) is 37.7 Å². The van der Waals surface area contributed by atoms with E-state index in [1.54, 1.807) is 0 Å². The lowest BCUT2D eigenvalue weighted by Crippen LogP contribution is -2.46. The predicted octanol–water partition coefficient (Wildman–Crippen LogP) is 2.04. The number of nitrogens with one attached hydrogen (secondary N) is 1. The predicted molar refractivity (Wildman–Crippen MR) is 75.1 cm³/mol. The summed E-state index contributed by atoms with van der Waals surface area (Å²) in [6.45, 7) is 1.98. The minimum Gasteiger partial charge on any atom is -0.375 e. The van der Waals surface area contributed by atoms with Gasteiger partial charge in [0.1, 0.15) is 0 Å². The first-order valence-corrected chi connectivity index (χ1v) is 7.61. The second kappa shape index (κ2) is 5.63. The Morgan fingerprint density at radius 2 is 2.32 bits per heavy atom. The first kappa shape index (κ1) is 13.1. The molecule has 106 valence electrons. The van der Waals surface area contributed by atoms with Gasteiger partial charge in [0.05, 0.1) is 11.8 Å². The van der Waals surface area contributed by atoms with Crippen LogP contribution in [0, 0.1) is 0 Å². The molecule has 1 saturated heterocycles. The molecule has 0 radical (unpaired) electrons. The summed E-state index contributed by atoms with van der Waals surface area (Å²) < 4.78 is 7.94. The van der Waals surface area contributed by atoms with Crippen molar-refractivity contribution in [3.05, 3.63) is 18.0 Å². The van der Waals surface area contributed by atoms with Gasteiger partial charge < -0.3 is 10.1 Å². The van der Waals surface area contributed by atoms with E-state index in [1.807, 2.05) is 17.9 Å². The van der Waals surface area contributed by atoms with Crippen LogP contribution in [0.3, 0.4) is 0 Å². The minimum atomic E-state index is 0.226. The van der Waals surface area contributed by atoms with E-state index in [0.29, 0.717) is 6.04 Å². The SMILES string of the molecule is Cn1cc(CCNC2CCOC3(CCCC3)C2)cn1. The van der Waals surface area contributed by atoms with Crippen LogP contribution < -0.4 is 5.32 Å². The number of hydrogen-bond donors (Lipinski definition) is 1. The number of hydrogen-bond acceptors (Lipinski definition) is 3. The van der Waals surface area contributed by atoms with Crippen molar-refractivity contribution in [1.82, 2.24) is 15.1 Å². The van der Waals surface area contributed by atoms with Gasteiger partial charge in [-0.15, -0.1) is 0 Å². The van der Waals surface area contributed by atoms with Crippen molar-refractivity contribution in [1.29, 1.82) is 0 Å². The molecule has 1 atom stereocenters. The van der Waals surface area contributed by atoms with Gasteiger partial charge in [-0.1, -0.05) is 12.8 Å². The van der Waals surface area contributed by atoms with Crippen molar-refractivity contribution in [3.8, 4) is 0 Å². The molecule has 1 saturated carbocycles. The summed E-state index contributed by atoms with van der Waals surface area (Å²) in [5.74, 6) is 0.